The van der Waals surface area contributed by atoms with Crippen molar-refractivity contribution in [2.75, 3.05) is 0 Å². The third kappa shape index (κ3) is 2.94. The molecule has 1 aliphatic carbocycles. The third-order valence-electron chi connectivity index (χ3n) is 1.36. The lowest BCUT2D eigenvalue weighted by molar-refractivity contribution is 1.02. The van der Waals surface area contributed by atoms with Crippen molar-refractivity contribution in [3.05, 3.63) is 30.0 Å². The van der Waals surface area contributed by atoms with Crippen LogP contribution >= 0.6 is 0 Å². The highest BCUT2D eigenvalue weighted by Gasteiger charge is 1.79. The number of allylic oxidation sites excluding steroid dienone is 3. The van der Waals surface area contributed by atoms with Gasteiger partial charge in [0.2, 0.25) is 0 Å². The van der Waals surface area contributed by atoms with Crippen molar-refractivity contribution in [1.29, 1.82) is 0 Å². The molecule has 0 saturated carbocycles. The fourth-order valence-electron chi connectivity index (χ4n) is 0.845. The summed E-state index contributed by atoms with van der Waals surface area (Å²) >= 11 is 0. The summed E-state index contributed by atoms with van der Waals surface area (Å²) in [6.07, 6.45) is 13.4. The monoisotopic (exact) mass is 120 g/mol. The summed E-state index contributed by atoms with van der Waals surface area (Å²) in [5, 5.41) is 0. The van der Waals surface area contributed by atoms with Gasteiger partial charge in [0.25, 0.3) is 0 Å². The van der Waals surface area contributed by atoms with Gasteiger partial charge >= 0.3 is 0 Å². The van der Waals surface area contributed by atoms with Gasteiger partial charge in [-0.3, -0.25) is 0 Å². The SMILES string of the molecule is C1=CCC/C=C/CCC=1. The molecule has 0 aromatic carbocycles. The first-order valence-electron chi connectivity index (χ1n) is 3.54. The van der Waals surface area contributed by atoms with Crippen LogP contribution in [0, 0.1) is 0 Å². The molecule has 1 rings (SSSR count). The van der Waals surface area contributed by atoms with Crippen LogP contribution in [0.5, 0.6) is 0 Å². The minimum Gasteiger partial charge on any atom is -0.130 e. The van der Waals surface area contributed by atoms with E-state index in [0.717, 1.165) is 12.8 Å². The number of hydrogen-bond acceptors (Lipinski definition) is 0. The Bertz CT molecular complexity index is 131. The van der Waals surface area contributed by atoms with Gasteiger partial charge in [0.05, 0.1) is 0 Å². The van der Waals surface area contributed by atoms with E-state index in [1.807, 2.05) is 0 Å². The van der Waals surface area contributed by atoms with Crippen molar-refractivity contribution in [2.45, 2.75) is 25.7 Å². The van der Waals surface area contributed by atoms with Gasteiger partial charge in [-0.25, -0.2) is 0 Å². The molecule has 0 heterocycles. The largest absolute Gasteiger partial charge is 0.130 e. The molecule has 0 spiro atoms. The molecule has 0 atom stereocenters. The fourth-order valence-corrected chi connectivity index (χ4v) is 0.845. The minimum absolute atomic E-state index is 1.15. The molecule has 0 heteroatoms. The smallest absolute Gasteiger partial charge is 0.0240 e. The van der Waals surface area contributed by atoms with Gasteiger partial charge in [0.1, 0.15) is 0 Å². The normalized spacial score (nSPS) is 22.2. The fraction of sp³-hybridized carbons (Fsp3) is 0.444. The van der Waals surface area contributed by atoms with E-state index in [-0.39, 0.29) is 0 Å². The highest BCUT2D eigenvalue weighted by atomic mass is 13.9. The maximum atomic E-state index is 3.14. The molecule has 0 bridgehead atoms. The highest BCUT2D eigenvalue weighted by molar-refractivity contribution is 4.93. The summed E-state index contributed by atoms with van der Waals surface area (Å²) in [4.78, 5) is 0. The zero-order valence-corrected chi connectivity index (χ0v) is 5.64. The Hall–Kier alpha value is -0.740. The highest BCUT2D eigenvalue weighted by Crippen LogP contribution is 1.99. The Balaban J connectivity index is 2.43. The predicted molar refractivity (Wildman–Crippen MR) is 40.3 cm³/mol. The van der Waals surface area contributed by atoms with Gasteiger partial charge in [0, 0.05) is 0 Å². The van der Waals surface area contributed by atoms with Crippen molar-refractivity contribution >= 4 is 0 Å². The molecule has 0 unspecified atom stereocenters. The van der Waals surface area contributed by atoms with Crippen LogP contribution in [0.15, 0.2) is 30.0 Å². The van der Waals surface area contributed by atoms with Crippen LogP contribution in [0.2, 0.25) is 0 Å². The first-order chi connectivity index (χ1) is 4.50. The standard InChI is InChI=1S/C9H12/c1-2-4-6-8-9-7-5-3-1/h1-2,7-8H,3-6H2/b2-1+. The molecule has 0 aromatic heterocycles. The van der Waals surface area contributed by atoms with E-state index < -0.39 is 0 Å². The maximum absolute atomic E-state index is 3.14. The molecular weight excluding hydrogens is 108 g/mol. The predicted octanol–water partition coefficient (Wildman–Crippen LogP) is 2.83. The van der Waals surface area contributed by atoms with E-state index >= 15 is 0 Å². The molecule has 0 saturated heterocycles. The van der Waals surface area contributed by atoms with Crippen molar-refractivity contribution in [3.8, 4) is 0 Å². The van der Waals surface area contributed by atoms with E-state index in [1.54, 1.807) is 0 Å². The second-order valence-corrected chi connectivity index (χ2v) is 2.20. The second kappa shape index (κ2) is 4.17. The average Bonchev–Trinajstić information content (AvgIpc) is 2.00. The summed E-state index contributed by atoms with van der Waals surface area (Å²) in [6.45, 7) is 0. The number of rotatable bonds is 0. The van der Waals surface area contributed by atoms with Crippen LogP contribution < -0.4 is 0 Å². The Morgan fingerprint density at radius 3 is 1.89 bits per heavy atom. The van der Waals surface area contributed by atoms with Crippen molar-refractivity contribution < 1.29 is 0 Å². The van der Waals surface area contributed by atoms with Crippen LogP contribution in [0.4, 0.5) is 0 Å². The summed E-state index contributed by atoms with van der Waals surface area (Å²) in [5.41, 5.74) is 3.14. The topological polar surface area (TPSA) is 0 Å². The maximum Gasteiger partial charge on any atom is -0.0240 e. The van der Waals surface area contributed by atoms with Gasteiger partial charge in [-0.05, 0) is 37.8 Å². The molecule has 0 radical (unpaired) electrons. The van der Waals surface area contributed by atoms with E-state index in [0.29, 0.717) is 0 Å². The van der Waals surface area contributed by atoms with Crippen molar-refractivity contribution in [1.82, 2.24) is 0 Å². The molecule has 0 aliphatic heterocycles. The van der Waals surface area contributed by atoms with E-state index in [1.165, 1.54) is 12.8 Å². The van der Waals surface area contributed by atoms with Crippen LogP contribution in [-0.4, -0.2) is 0 Å². The molecule has 0 aromatic rings. The Morgan fingerprint density at radius 2 is 1.33 bits per heavy atom. The Kier molecular flexibility index (Phi) is 2.96. The molecule has 0 amide bonds. The van der Waals surface area contributed by atoms with Crippen LogP contribution in [-0.2, 0) is 0 Å². The van der Waals surface area contributed by atoms with Gasteiger partial charge in [-0.1, -0.05) is 12.2 Å². The van der Waals surface area contributed by atoms with Gasteiger partial charge in [-0.15, -0.1) is 5.73 Å². The van der Waals surface area contributed by atoms with E-state index in [4.69, 9.17) is 0 Å². The first kappa shape index (κ1) is 6.38. The summed E-state index contributed by atoms with van der Waals surface area (Å²) in [6, 6.07) is 0. The minimum atomic E-state index is 1.15. The van der Waals surface area contributed by atoms with Gasteiger partial charge in [0.15, 0.2) is 0 Å². The first-order valence-corrected chi connectivity index (χ1v) is 3.54. The summed E-state index contributed by atoms with van der Waals surface area (Å²) < 4.78 is 0. The lowest BCUT2D eigenvalue weighted by Crippen LogP contribution is -1.62. The van der Waals surface area contributed by atoms with Gasteiger partial charge < -0.3 is 0 Å². The van der Waals surface area contributed by atoms with Crippen LogP contribution in [0.1, 0.15) is 25.7 Å². The molecular formula is C9H12. The zero-order chi connectivity index (χ0) is 6.36. The molecule has 9 heavy (non-hydrogen) atoms. The quantitative estimate of drug-likeness (QED) is 0.340. The van der Waals surface area contributed by atoms with E-state index in [9.17, 15) is 0 Å². The summed E-state index contributed by atoms with van der Waals surface area (Å²) in [5.74, 6) is 0. The molecule has 0 nitrogen and oxygen atoms in total. The molecule has 1 aliphatic rings. The summed E-state index contributed by atoms with van der Waals surface area (Å²) in [7, 11) is 0. The third-order valence-corrected chi connectivity index (χ3v) is 1.36. The second-order valence-electron chi connectivity index (χ2n) is 2.20. The average molecular weight is 120 g/mol. The van der Waals surface area contributed by atoms with Gasteiger partial charge in [-0.2, -0.15) is 0 Å². The number of hydrogen-bond donors (Lipinski definition) is 0. The molecule has 0 N–H and O–H groups in total. The lowest BCUT2D eigenvalue weighted by atomic mass is 10.2. The van der Waals surface area contributed by atoms with Crippen molar-refractivity contribution in [3.63, 3.8) is 0 Å². The lowest BCUT2D eigenvalue weighted by Gasteiger charge is -1.82. The molecule has 0 fully saturated rings. The zero-order valence-electron chi connectivity index (χ0n) is 5.64. The van der Waals surface area contributed by atoms with Crippen LogP contribution in [0.3, 0.4) is 0 Å². The van der Waals surface area contributed by atoms with E-state index in [2.05, 4.69) is 30.0 Å². The Morgan fingerprint density at radius 1 is 0.778 bits per heavy atom. The Labute approximate surface area is 56.6 Å². The molecule has 48 valence electrons. The van der Waals surface area contributed by atoms with Crippen LogP contribution in [0.25, 0.3) is 0 Å². The van der Waals surface area contributed by atoms with Crippen molar-refractivity contribution in [2.24, 2.45) is 0 Å².